The van der Waals surface area contributed by atoms with Crippen LogP contribution in [-0.2, 0) is 0 Å². The molecule has 142 valence electrons. The second-order valence-electron chi connectivity index (χ2n) is 6.29. The van der Waals surface area contributed by atoms with Crippen LogP contribution in [0.3, 0.4) is 0 Å². The highest BCUT2D eigenvalue weighted by molar-refractivity contribution is 7.13. The number of hydrogen-bond acceptors (Lipinski definition) is 5. The number of likely N-dealkylation sites (N-methyl/N-ethyl adjacent to an activating group) is 1. The van der Waals surface area contributed by atoms with Crippen molar-refractivity contribution in [1.82, 2.24) is 15.2 Å². The summed E-state index contributed by atoms with van der Waals surface area (Å²) in [6, 6.07) is 8.28. The zero-order chi connectivity index (χ0) is 17.6. The second kappa shape index (κ2) is 9.90. The zero-order valence-electron chi connectivity index (χ0n) is 15.2. The molecular formula is C19H26ClN3O2S. The number of rotatable bonds is 6. The van der Waals surface area contributed by atoms with E-state index in [-0.39, 0.29) is 18.3 Å². The number of carbonyl (C=O) groups is 1. The van der Waals surface area contributed by atoms with Gasteiger partial charge in [0.05, 0.1) is 6.61 Å². The van der Waals surface area contributed by atoms with Gasteiger partial charge in [-0.05, 0) is 50.6 Å². The number of likely N-dealkylation sites (tertiary alicyclic amines) is 1. The van der Waals surface area contributed by atoms with Gasteiger partial charge in [0.1, 0.15) is 16.5 Å². The van der Waals surface area contributed by atoms with Gasteiger partial charge in [0, 0.05) is 30.1 Å². The largest absolute Gasteiger partial charge is 0.494 e. The molecule has 1 aliphatic heterocycles. The minimum Gasteiger partial charge on any atom is -0.494 e. The van der Waals surface area contributed by atoms with Crippen molar-refractivity contribution in [2.45, 2.75) is 32.2 Å². The molecular weight excluding hydrogens is 370 g/mol. The summed E-state index contributed by atoms with van der Waals surface area (Å²) in [6.07, 6.45) is 3.15. The fourth-order valence-electron chi connectivity index (χ4n) is 2.98. The van der Waals surface area contributed by atoms with Crippen LogP contribution >= 0.6 is 23.7 Å². The molecule has 1 saturated heterocycles. The summed E-state index contributed by atoms with van der Waals surface area (Å²) >= 11 is 1.51. The highest BCUT2D eigenvalue weighted by Gasteiger charge is 2.25. The van der Waals surface area contributed by atoms with Gasteiger partial charge in [-0.25, -0.2) is 4.98 Å². The van der Waals surface area contributed by atoms with Crippen molar-refractivity contribution in [1.29, 1.82) is 0 Å². The number of thiazole rings is 1. The van der Waals surface area contributed by atoms with Crippen LogP contribution in [0.2, 0.25) is 0 Å². The molecule has 0 bridgehead atoms. The molecule has 2 aromatic rings. The molecule has 2 heterocycles. The topological polar surface area (TPSA) is 54.5 Å². The Hall–Kier alpha value is -1.63. The summed E-state index contributed by atoms with van der Waals surface area (Å²) < 4.78 is 5.61. The van der Waals surface area contributed by atoms with Crippen molar-refractivity contribution >= 4 is 29.7 Å². The molecule has 1 atom stereocenters. The summed E-state index contributed by atoms with van der Waals surface area (Å²) in [4.78, 5) is 19.2. The van der Waals surface area contributed by atoms with Gasteiger partial charge >= 0.3 is 0 Å². The Bertz CT molecular complexity index is 705. The van der Waals surface area contributed by atoms with Crippen molar-refractivity contribution in [3.8, 4) is 16.3 Å². The number of piperidine rings is 1. The average Bonchev–Trinajstić information content (AvgIpc) is 3.16. The molecule has 1 amide bonds. The number of halogens is 1. The van der Waals surface area contributed by atoms with Crippen molar-refractivity contribution in [2.75, 3.05) is 26.7 Å². The first kappa shape index (κ1) is 20.7. The monoisotopic (exact) mass is 395 g/mol. The van der Waals surface area contributed by atoms with Crippen LogP contribution in [0.4, 0.5) is 0 Å². The Kier molecular flexibility index (Phi) is 7.87. The summed E-state index contributed by atoms with van der Waals surface area (Å²) in [6.45, 7) is 4.38. The normalized spacial score (nSPS) is 16.8. The lowest BCUT2D eigenvalue weighted by Gasteiger charge is -2.32. The van der Waals surface area contributed by atoms with E-state index in [2.05, 4.69) is 17.2 Å². The van der Waals surface area contributed by atoms with Gasteiger partial charge in [-0.3, -0.25) is 4.79 Å². The van der Waals surface area contributed by atoms with Gasteiger partial charge in [-0.15, -0.1) is 23.7 Å². The summed E-state index contributed by atoms with van der Waals surface area (Å²) in [5.74, 6) is 0.898. The molecule has 3 rings (SSSR count). The average molecular weight is 396 g/mol. The van der Waals surface area contributed by atoms with E-state index < -0.39 is 0 Å². The lowest BCUT2D eigenvalue weighted by atomic mass is 10.1. The van der Waals surface area contributed by atoms with Gasteiger partial charge in [-0.2, -0.15) is 0 Å². The minimum absolute atomic E-state index is 0. The molecule has 1 fully saturated rings. The lowest BCUT2D eigenvalue weighted by Crippen LogP contribution is -2.47. The highest BCUT2D eigenvalue weighted by Crippen LogP contribution is 2.26. The van der Waals surface area contributed by atoms with Gasteiger partial charge < -0.3 is 15.0 Å². The Labute approximate surface area is 165 Å². The molecule has 1 aromatic heterocycles. The van der Waals surface area contributed by atoms with Crippen molar-refractivity contribution in [3.63, 3.8) is 0 Å². The van der Waals surface area contributed by atoms with Gasteiger partial charge in [0.25, 0.3) is 5.91 Å². The standard InChI is InChI=1S/C19H25N3O2S.ClH/c1-3-11-24-16-8-6-14(7-9-16)18-21-17(13-25-18)19(23)22-10-4-5-15(12-22)20-2;/h6-9,13,15,20H,3-5,10-12H2,1-2H3;1H. The Morgan fingerprint density at radius 1 is 1.38 bits per heavy atom. The number of ether oxygens (including phenoxy) is 1. The predicted molar refractivity (Wildman–Crippen MR) is 109 cm³/mol. The smallest absolute Gasteiger partial charge is 0.273 e. The van der Waals surface area contributed by atoms with E-state index >= 15 is 0 Å². The van der Waals surface area contributed by atoms with Crippen LogP contribution < -0.4 is 10.1 Å². The maximum absolute atomic E-state index is 12.7. The van der Waals surface area contributed by atoms with E-state index in [4.69, 9.17) is 4.74 Å². The van der Waals surface area contributed by atoms with Crippen LogP contribution in [-0.4, -0.2) is 48.6 Å². The molecule has 5 nitrogen and oxygen atoms in total. The van der Waals surface area contributed by atoms with Gasteiger partial charge in [0.15, 0.2) is 0 Å². The summed E-state index contributed by atoms with van der Waals surface area (Å²) in [5, 5.41) is 6.00. The second-order valence-corrected chi connectivity index (χ2v) is 7.15. The molecule has 1 aliphatic rings. The van der Waals surface area contributed by atoms with Crippen LogP contribution in [0, 0.1) is 0 Å². The molecule has 1 unspecified atom stereocenters. The van der Waals surface area contributed by atoms with Gasteiger partial charge in [-0.1, -0.05) is 6.92 Å². The first-order valence-corrected chi connectivity index (χ1v) is 9.74. The Balaban J connectivity index is 0.00000243. The Morgan fingerprint density at radius 2 is 2.15 bits per heavy atom. The number of amides is 1. The first-order chi connectivity index (χ1) is 12.2. The van der Waals surface area contributed by atoms with E-state index in [1.807, 2.05) is 41.6 Å². The number of aromatic nitrogens is 1. The van der Waals surface area contributed by atoms with Crippen LogP contribution in [0.15, 0.2) is 29.6 Å². The van der Waals surface area contributed by atoms with Crippen LogP contribution in [0.25, 0.3) is 10.6 Å². The maximum Gasteiger partial charge on any atom is 0.273 e. The first-order valence-electron chi connectivity index (χ1n) is 8.86. The molecule has 26 heavy (non-hydrogen) atoms. The molecule has 0 spiro atoms. The van der Waals surface area contributed by atoms with Crippen LogP contribution in [0.1, 0.15) is 36.7 Å². The number of carbonyl (C=O) groups excluding carboxylic acids is 1. The molecule has 0 aliphatic carbocycles. The van der Waals surface area contributed by atoms with Crippen LogP contribution in [0.5, 0.6) is 5.75 Å². The molecule has 7 heteroatoms. The predicted octanol–water partition coefficient (Wildman–Crippen LogP) is 3.84. The fraction of sp³-hybridized carbons (Fsp3) is 0.474. The third kappa shape index (κ3) is 4.96. The van der Waals surface area contributed by atoms with Crippen molar-refractivity contribution in [3.05, 3.63) is 35.3 Å². The van der Waals surface area contributed by atoms with Crippen molar-refractivity contribution in [2.24, 2.45) is 0 Å². The number of nitrogens with one attached hydrogen (secondary N) is 1. The minimum atomic E-state index is 0. The van der Waals surface area contributed by atoms with E-state index in [1.165, 1.54) is 11.3 Å². The number of nitrogens with zero attached hydrogens (tertiary/aromatic N) is 2. The lowest BCUT2D eigenvalue weighted by molar-refractivity contribution is 0.0693. The molecule has 0 radical (unpaired) electrons. The van der Waals surface area contributed by atoms with E-state index in [0.717, 1.165) is 55.3 Å². The quantitative estimate of drug-likeness (QED) is 0.807. The van der Waals surface area contributed by atoms with E-state index in [1.54, 1.807) is 0 Å². The maximum atomic E-state index is 12.7. The molecule has 1 N–H and O–H groups in total. The van der Waals surface area contributed by atoms with Gasteiger partial charge in [0.2, 0.25) is 0 Å². The highest BCUT2D eigenvalue weighted by atomic mass is 35.5. The number of hydrogen-bond donors (Lipinski definition) is 1. The van der Waals surface area contributed by atoms with E-state index in [0.29, 0.717) is 11.7 Å². The molecule has 0 saturated carbocycles. The number of benzene rings is 1. The third-order valence-electron chi connectivity index (χ3n) is 4.41. The van der Waals surface area contributed by atoms with Crippen molar-refractivity contribution < 1.29 is 9.53 Å². The fourth-order valence-corrected chi connectivity index (χ4v) is 3.78. The summed E-state index contributed by atoms with van der Waals surface area (Å²) in [7, 11) is 1.95. The third-order valence-corrected chi connectivity index (χ3v) is 5.31. The summed E-state index contributed by atoms with van der Waals surface area (Å²) in [5.41, 5.74) is 1.56. The molecule has 1 aromatic carbocycles. The van der Waals surface area contributed by atoms with E-state index in [9.17, 15) is 4.79 Å². The SMILES string of the molecule is CCCOc1ccc(-c2nc(C(=O)N3CCCC(NC)C3)cs2)cc1.Cl. The zero-order valence-corrected chi connectivity index (χ0v) is 16.9. The Morgan fingerprint density at radius 3 is 2.85 bits per heavy atom.